The first-order valence-corrected chi connectivity index (χ1v) is 12.4. The first kappa shape index (κ1) is 24.1. The molecule has 1 atom stereocenters. The van der Waals surface area contributed by atoms with Crippen LogP contribution in [0.5, 0.6) is 11.5 Å². The van der Waals surface area contributed by atoms with Gasteiger partial charge in [0.15, 0.2) is 5.78 Å². The summed E-state index contributed by atoms with van der Waals surface area (Å²) in [7, 11) is 3.38. The molecule has 3 aromatic rings. The molecule has 0 bridgehead atoms. The van der Waals surface area contributed by atoms with Crippen molar-refractivity contribution in [3.63, 3.8) is 0 Å². The van der Waals surface area contributed by atoms with E-state index in [0.717, 1.165) is 60.6 Å². The topological polar surface area (TPSA) is 53.4 Å². The van der Waals surface area contributed by atoms with Crippen molar-refractivity contribution in [3.05, 3.63) is 65.4 Å². The minimum absolute atomic E-state index is 0.270. The lowest BCUT2D eigenvalue weighted by atomic mass is 9.84. The molecule has 1 aliphatic rings. The number of fused-ring (bicyclic) bond motifs is 1. The number of methoxy groups -OCH3 is 2. The standard InChI is InChI=1S/C29H36N2O3/c1-20(2)29-18-28(23-11-13-26(33-3)14-12-23)30-31(29)19-25(32)16-21-6-5-7-24-17-27(34-4)15-10-22(24)9-8-21/h10-15,17-18,20-21H,5-9,16,19H2,1-4H3. The van der Waals surface area contributed by atoms with Gasteiger partial charge >= 0.3 is 0 Å². The van der Waals surface area contributed by atoms with Crippen LogP contribution in [0.1, 0.15) is 62.3 Å². The van der Waals surface area contributed by atoms with Crippen LogP contribution in [0.3, 0.4) is 0 Å². The van der Waals surface area contributed by atoms with E-state index in [1.807, 2.05) is 35.0 Å². The molecule has 1 heterocycles. The number of benzene rings is 2. The van der Waals surface area contributed by atoms with Gasteiger partial charge in [0.25, 0.3) is 0 Å². The van der Waals surface area contributed by atoms with Gasteiger partial charge in [0.2, 0.25) is 0 Å². The first-order chi connectivity index (χ1) is 16.5. The molecule has 1 aliphatic carbocycles. The maximum atomic E-state index is 13.1. The van der Waals surface area contributed by atoms with E-state index in [2.05, 4.69) is 32.0 Å². The van der Waals surface area contributed by atoms with E-state index in [0.29, 0.717) is 24.8 Å². The van der Waals surface area contributed by atoms with Gasteiger partial charge in [-0.25, -0.2) is 0 Å². The molecular formula is C29H36N2O3. The van der Waals surface area contributed by atoms with Crippen LogP contribution in [0.4, 0.5) is 0 Å². The largest absolute Gasteiger partial charge is 0.497 e. The predicted octanol–water partition coefficient (Wildman–Crippen LogP) is 6.24. The minimum atomic E-state index is 0.270. The van der Waals surface area contributed by atoms with Gasteiger partial charge < -0.3 is 9.47 Å². The lowest BCUT2D eigenvalue weighted by Gasteiger charge is -2.21. The Labute approximate surface area is 203 Å². The highest BCUT2D eigenvalue weighted by Gasteiger charge is 2.20. The molecule has 0 fully saturated rings. The van der Waals surface area contributed by atoms with Gasteiger partial charge in [-0.05, 0) is 97.5 Å². The summed E-state index contributed by atoms with van der Waals surface area (Å²) in [4.78, 5) is 13.1. The minimum Gasteiger partial charge on any atom is -0.497 e. The molecule has 2 aromatic carbocycles. The first-order valence-electron chi connectivity index (χ1n) is 12.4. The van der Waals surface area contributed by atoms with E-state index >= 15 is 0 Å². The second-order valence-corrected chi connectivity index (χ2v) is 9.67. The van der Waals surface area contributed by atoms with E-state index in [-0.39, 0.29) is 5.78 Å². The number of carbonyl (C=O) groups is 1. The molecule has 0 N–H and O–H groups in total. The van der Waals surface area contributed by atoms with E-state index in [1.165, 1.54) is 11.1 Å². The smallest absolute Gasteiger partial charge is 0.154 e. The summed E-state index contributed by atoms with van der Waals surface area (Å²) in [5.74, 6) is 2.75. The molecule has 0 saturated heterocycles. The number of Topliss-reactive ketones (excluding diaryl/α,β-unsaturated/α-hetero) is 1. The van der Waals surface area contributed by atoms with E-state index in [1.54, 1.807) is 14.2 Å². The molecular weight excluding hydrogens is 424 g/mol. The summed E-state index contributed by atoms with van der Waals surface area (Å²) in [6, 6.07) is 16.4. The molecule has 5 heteroatoms. The van der Waals surface area contributed by atoms with Gasteiger partial charge in [0, 0.05) is 17.7 Å². The Balaban J connectivity index is 1.42. The SMILES string of the molecule is COc1ccc(-c2cc(C(C)C)n(CC(=O)CC3CCCc4cc(OC)ccc4CC3)n2)cc1. The number of nitrogens with zero attached hydrogens (tertiary/aromatic N) is 2. The summed E-state index contributed by atoms with van der Waals surface area (Å²) in [6.45, 7) is 4.64. The third-order valence-corrected chi connectivity index (χ3v) is 6.92. The highest BCUT2D eigenvalue weighted by Crippen LogP contribution is 2.29. The summed E-state index contributed by atoms with van der Waals surface area (Å²) in [5, 5.41) is 4.81. The average Bonchev–Trinajstić information content (AvgIpc) is 3.25. The summed E-state index contributed by atoms with van der Waals surface area (Å²) < 4.78 is 12.6. The van der Waals surface area contributed by atoms with E-state index in [4.69, 9.17) is 14.6 Å². The number of aryl methyl sites for hydroxylation is 2. The van der Waals surface area contributed by atoms with Crippen LogP contribution in [0.25, 0.3) is 11.3 Å². The van der Waals surface area contributed by atoms with Crippen LogP contribution in [0.15, 0.2) is 48.5 Å². The number of aromatic nitrogens is 2. The van der Waals surface area contributed by atoms with Gasteiger partial charge in [0.1, 0.15) is 11.5 Å². The number of ether oxygens (including phenoxy) is 2. The molecule has 0 spiro atoms. The molecule has 0 radical (unpaired) electrons. The fourth-order valence-electron chi connectivity index (χ4n) is 4.97. The van der Waals surface area contributed by atoms with Gasteiger partial charge in [0.05, 0.1) is 26.5 Å². The Kier molecular flexibility index (Phi) is 7.71. The molecule has 4 rings (SSSR count). The van der Waals surface area contributed by atoms with Crippen LogP contribution in [0.2, 0.25) is 0 Å². The fraction of sp³-hybridized carbons (Fsp3) is 0.448. The number of hydrogen-bond acceptors (Lipinski definition) is 4. The van der Waals surface area contributed by atoms with Crippen molar-refractivity contribution in [1.82, 2.24) is 9.78 Å². The Morgan fingerprint density at radius 1 is 0.971 bits per heavy atom. The fourth-order valence-corrected chi connectivity index (χ4v) is 4.97. The highest BCUT2D eigenvalue weighted by molar-refractivity contribution is 5.78. The van der Waals surface area contributed by atoms with Crippen molar-refractivity contribution in [3.8, 4) is 22.8 Å². The molecule has 34 heavy (non-hydrogen) atoms. The molecule has 0 saturated carbocycles. The van der Waals surface area contributed by atoms with Crippen molar-refractivity contribution < 1.29 is 14.3 Å². The predicted molar refractivity (Wildman–Crippen MR) is 136 cm³/mol. The van der Waals surface area contributed by atoms with Gasteiger partial charge in [-0.1, -0.05) is 19.9 Å². The Morgan fingerprint density at radius 2 is 1.71 bits per heavy atom. The lowest BCUT2D eigenvalue weighted by molar-refractivity contribution is -0.120. The van der Waals surface area contributed by atoms with E-state index in [9.17, 15) is 4.79 Å². The summed E-state index contributed by atoms with van der Waals surface area (Å²) in [6.07, 6.45) is 5.96. The van der Waals surface area contributed by atoms with E-state index < -0.39 is 0 Å². The highest BCUT2D eigenvalue weighted by atomic mass is 16.5. The van der Waals surface area contributed by atoms with Crippen LogP contribution in [0, 0.1) is 5.92 Å². The zero-order valence-corrected chi connectivity index (χ0v) is 20.8. The van der Waals surface area contributed by atoms with Crippen molar-refractivity contribution in [2.45, 2.75) is 64.8 Å². The Bertz CT molecular complexity index is 1110. The second kappa shape index (κ2) is 10.9. The van der Waals surface area contributed by atoms with Crippen LogP contribution >= 0.6 is 0 Å². The third-order valence-electron chi connectivity index (χ3n) is 6.92. The molecule has 1 aromatic heterocycles. The number of hydrogen-bond donors (Lipinski definition) is 0. The Morgan fingerprint density at radius 3 is 2.41 bits per heavy atom. The van der Waals surface area contributed by atoms with Gasteiger partial charge in [-0.2, -0.15) is 5.10 Å². The zero-order chi connectivity index (χ0) is 24.1. The maximum Gasteiger partial charge on any atom is 0.154 e. The average molecular weight is 461 g/mol. The molecule has 0 amide bonds. The van der Waals surface area contributed by atoms with Gasteiger partial charge in [-0.15, -0.1) is 0 Å². The maximum absolute atomic E-state index is 13.1. The zero-order valence-electron chi connectivity index (χ0n) is 20.8. The molecule has 1 unspecified atom stereocenters. The number of ketones is 1. The summed E-state index contributed by atoms with van der Waals surface area (Å²) >= 11 is 0. The van der Waals surface area contributed by atoms with Crippen LogP contribution in [-0.2, 0) is 24.2 Å². The Hall–Kier alpha value is -3.08. The third kappa shape index (κ3) is 5.69. The molecule has 5 nitrogen and oxygen atoms in total. The summed E-state index contributed by atoms with van der Waals surface area (Å²) in [5.41, 5.74) is 5.82. The number of carbonyl (C=O) groups excluding carboxylic acids is 1. The van der Waals surface area contributed by atoms with Crippen molar-refractivity contribution in [1.29, 1.82) is 0 Å². The van der Waals surface area contributed by atoms with Crippen LogP contribution < -0.4 is 9.47 Å². The molecule has 180 valence electrons. The van der Waals surface area contributed by atoms with Crippen molar-refractivity contribution in [2.24, 2.45) is 5.92 Å². The van der Waals surface area contributed by atoms with Crippen molar-refractivity contribution >= 4 is 5.78 Å². The quantitative estimate of drug-likeness (QED) is 0.400. The monoisotopic (exact) mass is 460 g/mol. The van der Waals surface area contributed by atoms with Crippen molar-refractivity contribution in [2.75, 3.05) is 14.2 Å². The normalized spacial score (nSPS) is 16.0. The molecule has 0 aliphatic heterocycles. The number of rotatable bonds is 8. The van der Waals surface area contributed by atoms with Crippen LogP contribution in [-0.4, -0.2) is 29.8 Å². The lowest BCUT2D eigenvalue weighted by Crippen LogP contribution is -2.19. The second-order valence-electron chi connectivity index (χ2n) is 9.67. The van der Waals surface area contributed by atoms with Gasteiger partial charge in [-0.3, -0.25) is 9.48 Å².